The Morgan fingerprint density at radius 3 is 2.61 bits per heavy atom. The molecule has 0 radical (unpaired) electrons. The Balaban J connectivity index is 1.42. The van der Waals surface area contributed by atoms with Crippen molar-refractivity contribution in [1.82, 2.24) is 14.5 Å². The van der Waals surface area contributed by atoms with Gasteiger partial charge >= 0.3 is 0 Å². The predicted molar refractivity (Wildman–Crippen MR) is 128 cm³/mol. The molecule has 1 fully saturated rings. The lowest BCUT2D eigenvalue weighted by Gasteiger charge is -2.17. The number of anilines is 1. The van der Waals surface area contributed by atoms with E-state index in [0.717, 1.165) is 18.4 Å². The second kappa shape index (κ2) is 10.2. The van der Waals surface area contributed by atoms with Crippen LogP contribution in [0.25, 0.3) is 0 Å². The molecule has 0 aliphatic carbocycles. The molecule has 170 valence electrons. The fraction of sp³-hybridized carbons (Fsp3) is 0.238. The number of sulfonamides is 1. The van der Waals surface area contributed by atoms with Crippen molar-refractivity contribution in [3.8, 4) is 6.07 Å². The molecule has 12 heteroatoms. The minimum atomic E-state index is -3.76. The molecule has 1 aromatic heterocycles. The van der Waals surface area contributed by atoms with E-state index in [4.69, 9.17) is 16.9 Å². The molecule has 0 unspecified atom stereocenters. The molecular weight excluding hydrogens is 502 g/mol. The lowest BCUT2D eigenvalue weighted by atomic mass is 10.2. The SMILES string of the molecule is N#Cc1ccc(CSc2nnc(NC(=O)c3ccc(Cl)c(S(=O)(=O)N4CCCC4)c3)s2)cc1. The van der Waals surface area contributed by atoms with Gasteiger partial charge in [-0.25, -0.2) is 8.42 Å². The molecule has 1 N–H and O–H groups in total. The Hall–Kier alpha value is -2.49. The van der Waals surface area contributed by atoms with Crippen molar-refractivity contribution in [2.45, 2.75) is 27.8 Å². The van der Waals surface area contributed by atoms with Gasteiger partial charge in [0.25, 0.3) is 5.91 Å². The number of carbonyl (C=O) groups is 1. The molecule has 0 saturated carbocycles. The third-order valence-electron chi connectivity index (χ3n) is 4.95. The standard InChI is InChI=1S/C21H18ClN5O3S3/c22-17-8-7-16(11-18(17)33(29,30)27-9-1-2-10-27)19(28)24-20-25-26-21(32-20)31-13-15-5-3-14(12-23)4-6-15/h3-8,11H,1-2,9-10,13H2,(H,24,25,28). The lowest BCUT2D eigenvalue weighted by molar-refractivity contribution is 0.102. The summed E-state index contributed by atoms with van der Waals surface area (Å²) < 4.78 is 27.8. The van der Waals surface area contributed by atoms with E-state index in [2.05, 4.69) is 21.6 Å². The molecule has 2 aromatic carbocycles. The molecule has 2 heterocycles. The highest BCUT2D eigenvalue weighted by Crippen LogP contribution is 2.30. The van der Waals surface area contributed by atoms with Gasteiger partial charge in [-0.15, -0.1) is 10.2 Å². The summed E-state index contributed by atoms with van der Waals surface area (Å²) in [7, 11) is -3.76. The number of aromatic nitrogens is 2. The van der Waals surface area contributed by atoms with Crippen molar-refractivity contribution in [1.29, 1.82) is 5.26 Å². The number of hydrogen-bond donors (Lipinski definition) is 1. The summed E-state index contributed by atoms with van der Waals surface area (Å²) in [6.45, 7) is 0.894. The smallest absolute Gasteiger partial charge is 0.257 e. The zero-order valence-electron chi connectivity index (χ0n) is 17.2. The van der Waals surface area contributed by atoms with E-state index in [1.54, 1.807) is 12.1 Å². The van der Waals surface area contributed by atoms with Crippen molar-refractivity contribution in [3.05, 3.63) is 64.2 Å². The second-order valence-electron chi connectivity index (χ2n) is 7.18. The first-order chi connectivity index (χ1) is 15.9. The van der Waals surface area contributed by atoms with Crippen molar-refractivity contribution >= 4 is 55.8 Å². The number of halogens is 1. The van der Waals surface area contributed by atoms with Crippen LogP contribution in [0.4, 0.5) is 5.13 Å². The first-order valence-electron chi connectivity index (χ1n) is 9.93. The third kappa shape index (κ3) is 5.54. The molecule has 3 aromatic rings. The second-order valence-corrected chi connectivity index (χ2v) is 11.7. The van der Waals surface area contributed by atoms with Crippen LogP contribution in [0.5, 0.6) is 0 Å². The highest BCUT2D eigenvalue weighted by atomic mass is 35.5. The zero-order chi connectivity index (χ0) is 23.4. The topological polar surface area (TPSA) is 116 Å². The number of nitrogens with zero attached hydrogens (tertiary/aromatic N) is 4. The Morgan fingerprint density at radius 1 is 1.18 bits per heavy atom. The van der Waals surface area contributed by atoms with Crippen LogP contribution in [-0.4, -0.2) is 41.9 Å². The van der Waals surface area contributed by atoms with Gasteiger partial charge in [-0.3, -0.25) is 10.1 Å². The van der Waals surface area contributed by atoms with Gasteiger partial charge in [0.05, 0.1) is 16.7 Å². The number of benzene rings is 2. The normalized spacial score (nSPS) is 14.2. The molecular formula is C21H18ClN5O3S3. The Labute approximate surface area is 204 Å². The Kier molecular flexibility index (Phi) is 7.31. The maximum absolute atomic E-state index is 12.9. The number of nitrogens with one attached hydrogen (secondary N) is 1. The molecule has 1 aliphatic heterocycles. The highest BCUT2D eigenvalue weighted by molar-refractivity contribution is 8.00. The van der Waals surface area contributed by atoms with Crippen LogP contribution < -0.4 is 5.32 Å². The zero-order valence-corrected chi connectivity index (χ0v) is 20.4. The monoisotopic (exact) mass is 519 g/mol. The largest absolute Gasteiger partial charge is 0.296 e. The van der Waals surface area contributed by atoms with Crippen molar-refractivity contribution in [2.75, 3.05) is 18.4 Å². The number of thioether (sulfide) groups is 1. The molecule has 1 amide bonds. The summed E-state index contributed by atoms with van der Waals surface area (Å²) in [6, 6.07) is 13.5. The van der Waals surface area contributed by atoms with Gasteiger partial charge < -0.3 is 0 Å². The number of rotatable bonds is 7. The van der Waals surface area contributed by atoms with Crippen LogP contribution in [0.2, 0.25) is 5.02 Å². The van der Waals surface area contributed by atoms with E-state index in [1.165, 1.54) is 45.6 Å². The van der Waals surface area contributed by atoms with Gasteiger partial charge in [0.15, 0.2) is 4.34 Å². The Bertz CT molecular complexity index is 1310. The fourth-order valence-corrected chi connectivity index (χ4v) is 6.94. The molecule has 1 aliphatic rings. The minimum absolute atomic E-state index is 0.0744. The number of carbonyl (C=O) groups excluding carboxylic acids is 1. The average molecular weight is 520 g/mol. The summed E-state index contributed by atoms with van der Waals surface area (Å²) >= 11 is 8.83. The van der Waals surface area contributed by atoms with Crippen molar-refractivity contribution in [3.63, 3.8) is 0 Å². The van der Waals surface area contributed by atoms with Crippen LogP contribution in [0.15, 0.2) is 51.7 Å². The lowest BCUT2D eigenvalue weighted by Crippen LogP contribution is -2.28. The van der Waals surface area contributed by atoms with Crippen LogP contribution in [0.1, 0.15) is 34.3 Å². The number of amides is 1. The first kappa shape index (κ1) is 23.7. The minimum Gasteiger partial charge on any atom is -0.296 e. The molecule has 4 rings (SSSR count). The van der Waals surface area contributed by atoms with Crippen LogP contribution in [0, 0.1) is 11.3 Å². The maximum Gasteiger partial charge on any atom is 0.257 e. The summed E-state index contributed by atoms with van der Waals surface area (Å²) in [4.78, 5) is 12.6. The van der Waals surface area contributed by atoms with Crippen molar-refractivity contribution in [2.24, 2.45) is 0 Å². The maximum atomic E-state index is 12.9. The molecule has 1 saturated heterocycles. The van der Waals surface area contributed by atoms with Gasteiger partial charge in [0.1, 0.15) is 4.90 Å². The van der Waals surface area contributed by atoms with Gasteiger partial charge in [0, 0.05) is 24.4 Å². The van der Waals surface area contributed by atoms with E-state index in [1.807, 2.05) is 12.1 Å². The van der Waals surface area contributed by atoms with E-state index in [9.17, 15) is 13.2 Å². The number of nitriles is 1. The van der Waals surface area contributed by atoms with Gasteiger partial charge in [0.2, 0.25) is 15.2 Å². The fourth-order valence-electron chi connectivity index (χ4n) is 3.22. The van der Waals surface area contributed by atoms with Crippen molar-refractivity contribution < 1.29 is 13.2 Å². The summed E-state index contributed by atoms with van der Waals surface area (Å²) in [6.07, 6.45) is 1.61. The molecule has 0 atom stereocenters. The van der Waals surface area contributed by atoms with E-state index in [0.29, 0.717) is 33.9 Å². The molecule has 0 spiro atoms. The Morgan fingerprint density at radius 2 is 1.91 bits per heavy atom. The predicted octanol–water partition coefficient (Wildman–Crippen LogP) is 4.39. The first-order valence-corrected chi connectivity index (χ1v) is 13.6. The summed E-state index contributed by atoms with van der Waals surface area (Å²) in [5, 5.41) is 20.0. The average Bonchev–Trinajstić information content (AvgIpc) is 3.51. The van der Waals surface area contributed by atoms with Crippen LogP contribution >= 0.6 is 34.7 Å². The van der Waals surface area contributed by atoms with E-state index in [-0.39, 0.29) is 15.5 Å². The summed E-state index contributed by atoms with van der Waals surface area (Å²) in [5.41, 5.74) is 1.80. The third-order valence-corrected chi connectivity index (χ3v) is 9.37. The van der Waals surface area contributed by atoms with Gasteiger partial charge in [-0.1, -0.05) is 46.8 Å². The van der Waals surface area contributed by atoms with Gasteiger partial charge in [-0.05, 0) is 48.7 Å². The summed E-state index contributed by atoms with van der Waals surface area (Å²) in [5.74, 6) is 0.146. The molecule has 33 heavy (non-hydrogen) atoms. The van der Waals surface area contributed by atoms with Gasteiger partial charge in [-0.2, -0.15) is 9.57 Å². The highest BCUT2D eigenvalue weighted by Gasteiger charge is 2.29. The molecule has 0 bridgehead atoms. The van der Waals surface area contributed by atoms with E-state index < -0.39 is 15.9 Å². The van der Waals surface area contributed by atoms with Crippen LogP contribution in [0.3, 0.4) is 0 Å². The quantitative estimate of drug-likeness (QED) is 0.363. The van der Waals surface area contributed by atoms with E-state index >= 15 is 0 Å². The van der Waals surface area contributed by atoms with Crippen LogP contribution in [-0.2, 0) is 15.8 Å². The molecule has 8 nitrogen and oxygen atoms in total. The number of hydrogen-bond acceptors (Lipinski definition) is 8.